The molecule has 2 aromatic rings. The molecule has 20 heavy (non-hydrogen) atoms. The first-order valence-electron chi connectivity index (χ1n) is 6.74. The molecule has 1 unspecified atom stereocenters. The molecular formula is C17H19NO2. The molecule has 2 rings (SSSR count). The molecule has 0 fully saturated rings. The van der Waals surface area contributed by atoms with Crippen molar-refractivity contribution in [2.75, 3.05) is 5.32 Å². The maximum Gasteiger partial charge on any atom is 0.303 e. The Balaban J connectivity index is 1.93. The topological polar surface area (TPSA) is 49.3 Å². The fourth-order valence-electron chi connectivity index (χ4n) is 2.11. The normalized spacial score (nSPS) is 11.8. The fourth-order valence-corrected chi connectivity index (χ4v) is 2.11. The lowest BCUT2D eigenvalue weighted by Crippen LogP contribution is -2.03. The molecule has 2 N–H and O–H groups in total. The van der Waals surface area contributed by atoms with E-state index in [1.165, 1.54) is 5.56 Å². The summed E-state index contributed by atoms with van der Waals surface area (Å²) in [6.45, 7) is 2.71. The van der Waals surface area contributed by atoms with Gasteiger partial charge in [0.25, 0.3) is 0 Å². The smallest absolute Gasteiger partial charge is 0.303 e. The second-order valence-electron chi connectivity index (χ2n) is 4.96. The van der Waals surface area contributed by atoms with Crippen LogP contribution >= 0.6 is 0 Å². The molecule has 0 radical (unpaired) electrons. The van der Waals surface area contributed by atoms with Gasteiger partial charge in [-0.05, 0) is 29.2 Å². The van der Waals surface area contributed by atoms with Crippen molar-refractivity contribution in [3.8, 4) is 0 Å². The second-order valence-corrected chi connectivity index (χ2v) is 4.96. The highest BCUT2D eigenvalue weighted by atomic mass is 16.4. The largest absolute Gasteiger partial charge is 0.481 e. The van der Waals surface area contributed by atoms with Gasteiger partial charge in [-0.25, -0.2) is 0 Å². The molecule has 2 aromatic carbocycles. The molecule has 0 aliphatic carbocycles. The maximum atomic E-state index is 10.7. The van der Waals surface area contributed by atoms with Crippen molar-refractivity contribution < 1.29 is 9.90 Å². The molecule has 0 aliphatic rings. The number of carboxylic acid groups (broad SMARTS) is 1. The Morgan fingerprint density at radius 3 is 2.35 bits per heavy atom. The van der Waals surface area contributed by atoms with Gasteiger partial charge in [0.2, 0.25) is 0 Å². The van der Waals surface area contributed by atoms with Crippen LogP contribution < -0.4 is 5.32 Å². The lowest BCUT2D eigenvalue weighted by molar-refractivity contribution is -0.137. The molecule has 0 saturated heterocycles. The highest BCUT2D eigenvalue weighted by Crippen LogP contribution is 2.21. The number of nitrogens with one attached hydrogen (secondary N) is 1. The van der Waals surface area contributed by atoms with Crippen molar-refractivity contribution in [2.45, 2.75) is 25.8 Å². The summed E-state index contributed by atoms with van der Waals surface area (Å²) in [7, 11) is 0. The van der Waals surface area contributed by atoms with E-state index in [0.717, 1.165) is 17.8 Å². The van der Waals surface area contributed by atoms with Crippen LogP contribution in [0.15, 0.2) is 54.6 Å². The van der Waals surface area contributed by atoms with Gasteiger partial charge in [0.15, 0.2) is 0 Å². The number of benzene rings is 2. The first-order valence-corrected chi connectivity index (χ1v) is 6.74. The Morgan fingerprint density at radius 2 is 1.75 bits per heavy atom. The van der Waals surface area contributed by atoms with Crippen molar-refractivity contribution in [1.29, 1.82) is 0 Å². The summed E-state index contributed by atoms with van der Waals surface area (Å²) in [4.78, 5) is 10.7. The van der Waals surface area contributed by atoms with Crippen LogP contribution in [-0.4, -0.2) is 11.1 Å². The van der Waals surface area contributed by atoms with E-state index in [9.17, 15) is 4.79 Å². The molecule has 0 amide bonds. The zero-order valence-electron chi connectivity index (χ0n) is 11.5. The first-order chi connectivity index (χ1) is 9.65. The molecule has 0 heterocycles. The Hall–Kier alpha value is -2.29. The lowest BCUT2D eigenvalue weighted by atomic mass is 9.98. The maximum absolute atomic E-state index is 10.7. The van der Waals surface area contributed by atoms with Crippen molar-refractivity contribution >= 4 is 11.7 Å². The number of hydrogen-bond donors (Lipinski definition) is 2. The van der Waals surface area contributed by atoms with Gasteiger partial charge >= 0.3 is 5.97 Å². The third kappa shape index (κ3) is 4.12. The number of rotatable bonds is 6. The van der Waals surface area contributed by atoms with Gasteiger partial charge in [-0.3, -0.25) is 4.79 Å². The van der Waals surface area contributed by atoms with Crippen LogP contribution in [0.3, 0.4) is 0 Å². The van der Waals surface area contributed by atoms with E-state index >= 15 is 0 Å². The SMILES string of the molecule is CC(CC(=O)O)c1ccc(NCc2ccccc2)cc1. The highest BCUT2D eigenvalue weighted by Gasteiger charge is 2.09. The van der Waals surface area contributed by atoms with E-state index in [0.29, 0.717) is 0 Å². The number of aliphatic carboxylic acids is 1. The summed E-state index contributed by atoms with van der Waals surface area (Å²) in [5.41, 5.74) is 3.33. The molecule has 104 valence electrons. The Kier molecular flexibility index (Phi) is 4.77. The molecule has 0 aliphatic heterocycles. The minimum atomic E-state index is -0.760. The predicted octanol–water partition coefficient (Wildman–Crippen LogP) is 3.88. The number of carboxylic acids is 1. The van der Waals surface area contributed by atoms with Crippen LogP contribution in [0.25, 0.3) is 0 Å². The van der Waals surface area contributed by atoms with E-state index in [4.69, 9.17) is 5.11 Å². The highest BCUT2D eigenvalue weighted by molar-refractivity contribution is 5.68. The zero-order valence-corrected chi connectivity index (χ0v) is 11.5. The van der Waals surface area contributed by atoms with E-state index in [1.807, 2.05) is 49.4 Å². The average Bonchev–Trinajstić information content (AvgIpc) is 2.46. The standard InChI is InChI=1S/C17H19NO2/c1-13(11-17(19)20)15-7-9-16(10-8-15)18-12-14-5-3-2-4-6-14/h2-10,13,18H,11-12H2,1H3,(H,19,20). The minimum absolute atomic E-state index is 0.0377. The second kappa shape index (κ2) is 6.75. The van der Waals surface area contributed by atoms with E-state index in [-0.39, 0.29) is 12.3 Å². The van der Waals surface area contributed by atoms with Gasteiger partial charge in [-0.2, -0.15) is 0 Å². The quantitative estimate of drug-likeness (QED) is 0.836. The van der Waals surface area contributed by atoms with Crippen LogP contribution in [-0.2, 0) is 11.3 Å². The Labute approximate surface area is 119 Å². The zero-order chi connectivity index (χ0) is 14.4. The third-order valence-electron chi connectivity index (χ3n) is 3.30. The molecular weight excluding hydrogens is 250 g/mol. The van der Waals surface area contributed by atoms with Gasteiger partial charge in [0, 0.05) is 12.2 Å². The van der Waals surface area contributed by atoms with Crippen molar-refractivity contribution in [3.05, 3.63) is 65.7 Å². The monoisotopic (exact) mass is 269 g/mol. The molecule has 3 nitrogen and oxygen atoms in total. The summed E-state index contributed by atoms with van der Waals surface area (Å²) in [6, 6.07) is 18.2. The van der Waals surface area contributed by atoms with E-state index < -0.39 is 5.97 Å². The van der Waals surface area contributed by atoms with Crippen LogP contribution in [0.1, 0.15) is 30.4 Å². The third-order valence-corrected chi connectivity index (χ3v) is 3.30. The Bertz CT molecular complexity index is 549. The summed E-state index contributed by atoms with van der Waals surface area (Å²) in [5.74, 6) is -0.723. The number of anilines is 1. The molecule has 0 aromatic heterocycles. The molecule has 0 spiro atoms. The lowest BCUT2D eigenvalue weighted by Gasteiger charge is -2.11. The molecule has 0 saturated carbocycles. The van der Waals surface area contributed by atoms with Crippen LogP contribution in [0.4, 0.5) is 5.69 Å². The molecule has 0 bridgehead atoms. The first kappa shape index (κ1) is 14.1. The van der Waals surface area contributed by atoms with Crippen molar-refractivity contribution in [2.24, 2.45) is 0 Å². The van der Waals surface area contributed by atoms with Crippen molar-refractivity contribution in [1.82, 2.24) is 0 Å². The van der Waals surface area contributed by atoms with Crippen LogP contribution in [0, 0.1) is 0 Å². The average molecular weight is 269 g/mol. The summed E-state index contributed by atoms with van der Waals surface area (Å²) in [5, 5.41) is 12.1. The summed E-state index contributed by atoms with van der Waals surface area (Å²) >= 11 is 0. The number of carbonyl (C=O) groups is 1. The van der Waals surface area contributed by atoms with E-state index in [2.05, 4.69) is 17.4 Å². The fraction of sp³-hybridized carbons (Fsp3) is 0.235. The summed E-state index contributed by atoms with van der Waals surface area (Å²) < 4.78 is 0. The summed E-state index contributed by atoms with van der Waals surface area (Å²) in [6.07, 6.45) is 0.163. The van der Waals surface area contributed by atoms with Gasteiger partial charge < -0.3 is 10.4 Å². The minimum Gasteiger partial charge on any atom is -0.481 e. The molecule has 3 heteroatoms. The van der Waals surface area contributed by atoms with Gasteiger partial charge in [0.05, 0.1) is 6.42 Å². The van der Waals surface area contributed by atoms with Crippen LogP contribution in [0.5, 0.6) is 0 Å². The number of hydrogen-bond acceptors (Lipinski definition) is 2. The van der Waals surface area contributed by atoms with E-state index in [1.54, 1.807) is 0 Å². The Morgan fingerprint density at radius 1 is 1.10 bits per heavy atom. The van der Waals surface area contributed by atoms with Gasteiger partial charge in [-0.1, -0.05) is 49.4 Å². The molecule has 1 atom stereocenters. The van der Waals surface area contributed by atoms with Crippen molar-refractivity contribution in [3.63, 3.8) is 0 Å². The van der Waals surface area contributed by atoms with Crippen LogP contribution in [0.2, 0.25) is 0 Å². The van der Waals surface area contributed by atoms with Gasteiger partial charge in [0.1, 0.15) is 0 Å². The predicted molar refractivity (Wildman–Crippen MR) is 80.9 cm³/mol. The van der Waals surface area contributed by atoms with Gasteiger partial charge in [-0.15, -0.1) is 0 Å².